The molecule has 0 heterocycles. The molecular weight excluding hydrogens is 404 g/mol. The fraction of sp³-hybridized carbons (Fsp3) is 0.0714. The van der Waals surface area contributed by atoms with Gasteiger partial charge in [-0.25, -0.2) is 8.42 Å². The van der Waals surface area contributed by atoms with E-state index in [0.717, 1.165) is 4.31 Å². The van der Waals surface area contributed by atoms with E-state index in [0.29, 0.717) is 5.02 Å². The van der Waals surface area contributed by atoms with Crippen LogP contribution in [0.4, 0.5) is 5.69 Å². The van der Waals surface area contributed by atoms with Crippen LogP contribution in [0, 0.1) is 0 Å². The third-order valence-electron chi connectivity index (χ3n) is 2.86. The zero-order valence-corrected chi connectivity index (χ0v) is 15.2. The lowest BCUT2D eigenvalue weighted by molar-refractivity contribution is -0.110. The minimum absolute atomic E-state index is 0.0843. The largest absolute Gasteiger partial charge is 0.279 e. The van der Waals surface area contributed by atoms with Gasteiger partial charge in [-0.15, -0.1) is 0 Å². The molecule has 0 spiro atoms. The Hall–Kier alpha value is -0.980. The van der Waals surface area contributed by atoms with Gasteiger partial charge in [-0.1, -0.05) is 34.8 Å². The van der Waals surface area contributed by atoms with Gasteiger partial charge >= 0.3 is 0 Å². The Bertz CT molecular complexity index is 838. The SMILES string of the molecule is O=C(Cl)CN(c1ccc(Cl)cc1)S(=O)(=O)c1ccc(Cl)c(Cl)c1. The Balaban J connectivity index is 2.54. The number of sulfonamides is 1. The van der Waals surface area contributed by atoms with Crippen molar-refractivity contribution in [3.63, 3.8) is 0 Å². The molecule has 0 aromatic heterocycles. The van der Waals surface area contributed by atoms with E-state index in [1.54, 1.807) is 0 Å². The number of hydrogen-bond acceptors (Lipinski definition) is 3. The summed E-state index contributed by atoms with van der Waals surface area (Å²) in [6.07, 6.45) is 0. The average Bonchev–Trinajstić information content (AvgIpc) is 2.48. The number of hydrogen-bond donors (Lipinski definition) is 0. The minimum atomic E-state index is -4.06. The molecule has 0 radical (unpaired) electrons. The van der Waals surface area contributed by atoms with Gasteiger partial charge in [0.25, 0.3) is 10.0 Å². The highest BCUT2D eigenvalue weighted by Gasteiger charge is 2.27. The Labute approximate surface area is 153 Å². The molecule has 2 rings (SSSR count). The van der Waals surface area contributed by atoms with E-state index in [1.807, 2.05) is 0 Å². The van der Waals surface area contributed by atoms with Crippen LogP contribution in [0.2, 0.25) is 15.1 Å². The van der Waals surface area contributed by atoms with Crippen molar-refractivity contribution < 1.29 is 13.2 Å². The second kappa shape index (κ2) is 7.28. The maximum Gasteiger partial charge on any atom is 0.264 e. The quantitative estimate of drug-likeness (QED) is 0.674. The van der Waals surface area contributed by atoms with Crippen LogP contribution in [0.3, 0.4) is 0 Å². The smallest absolute Gasteiger partial charge is 0.264 e. The van der Waals surface area contributed by atoms with E-state index in [2.05, 4.69) is 0 Å². The first-order valence-corrected chi connectivity index (χ1v) is 9.08. The Morgan fingerprint density at radius 3 is 2.09 bits per heavy atom. The minimum Gasteiger partial charge on any atom is -0.279 e. The molecule has 0 aliphatic rings. The summed E-state index contributed by atoms with van der Waals surface area (Å²) in [7, 11) is -4.06. The molecule has 122 valence electrons. The van der Waals surface area contributed by atoms with E-state index in [-0.39, 0.29) is 20.6 Å². The standard InChI is InChI=1S/C14H9Cl4NO3S/c15-9-1-3-10(4-2-9)19(8-14(18)20)23(21,22)11-5-6-12(16)13(17)7-11/h1-7H,8H2. The van der Waals surface area contributed by atoms with Crippen LogP contribution in [0.25, 0.3) is 0 Å². The van der Waals surface area contributed by atoms with Crippen molar-refractivity contribution in [3.8, 4) is 0 Å². The molecular formula is C14H9Cl4NO3S. The van der Waals surface area contributed by atoms with Crippen LogP contribution in [0.15, 0.2) is 47.4 Å². The van der Waals surface area contributed by atoms with Gasteiger partial charge in [0.2, 0.25) is 5.24 Å². The van der Waals surface area contributed by atoms with Crippen molar-refractivity contribution in [1.82, 2.24) is 0 Å². The number of carbonyl (C=O) groups is 1. The van der Waals surface area contributed by atoms with Gasteiger partial charge < -0.3 is 0 Å². The molecule has 0 atom stereocenters. The van der Waals surface area contributed by atoms with Crippen LogP contribution in [0.5, 0.6) is 0 Å². The Kier molecular flexibility index (Phi) is 5.81. The van der Waals surface area contributed by atoms with E-state index < -0.39 is 21.8 Å². The first kappa shape index (κ1) is 18.4. The lowest BCUT2D eigenvalue weighted by Gasteiger charge is -2.23. The molecule has 0 fully saturated rings. The number of carbonyl (C=O) groups excluding carboxylic acids is 1. The Morgan fingerprint density at radius 2 is 1.57 bits per heavy atom. The average molecular weight is 413 g/mol. The second-order valence-corrected chi connectivity index (χ2v) is 7.95. The summed E-state index contributed by atoms with van der Waals surface area (Å²) in [6, 6.07) is 9.82. The highest BCUT2D eigenvalue weighted by molar-refractivity contribution is 7.92. The molecule has 23 heavy (non-hydrogen) atoms. The van der Waals surface area contributed by atoms with Crippen molar-refractivity contribution >= 4 is 67.4 Å². The molecule has 2 aromatic carbocycles. The summed E-state index contributed by atoms with van der Waals surface area (Å²) >= 11 is 22.9. The zero-order valence-electron chi connectivity index (χ0n) is 11.3. The number of rotatable bonds is 5. The molecule has 0 aliphatic heterocycles. The molecule has 0 bridgehead atoms. The number of benzene rings is 2. The second-order valence-electron chi connectivity index (χ2n) is 4.42. The monoisotopic (exact) mass is 411 g/mol. The number of nitrogens with zero attached hydrogens (tertiary/aromatic N) is 1. The summed E-state index contributed by atoms with van der Waals surface area (Å²) < 4.78 is 26.5. The topological polar surface area (TPSA) is 54.5 Å². The van der Waals surface area contributed by atoms with Crippen molar-refractivity contribution in [2.45, 2.75) is 4.90 Å². The predicted molar refractivity (Wildman–Crippen MR) is 93.3 cm³/mol. The summed E-state index contributed by atoms with van der Waals surface area (Å²) in [5.41, 5.74) is 0.245. The van der Waals surface area contributed by atoms with Crippen molar-refractivity contribution in [3.05, 3.63) is 57.5 Å². The summed E-state index contributed by atoms with van der Waals surface area (Å²) in [6.45, 7) is -0.536. The van der Waals surface area contributed by atoms with Crippen molar-refractivity contribution in [2.75, 3.05) is 10.8 Å². The lowest BCUT2D eigenvalue weighted by Crippen LogP contribution is -2.34. The number of halogens is 4. The van der Waals surface area contributed by atoms with Gasteiger partial charge in [0.1, 0.15) is 6.54 Å². The van der Waals surface area contributed by atoms with Gasteiger partial charge in [0.05, 0.1) is 20.6 Å². The van der Waals surface area contributed by atoms with Gasteiger partial charge in [-0.3, -0.25) is 9.10 Å². The van der Waals surface area contributed by atoms with E-state index >= 15 is 0 Å². The first-order chi connectivity index (χ1) is 10.7. The van der Waals surface area contributed by atoms with Crippen molar-refractivity contribution in [2.24, 2.45) is 0 Å². The fourth-order valence-corrected chi connectivity index (χ4v) is 3.93. The third kappa shape index (κ3) is 4.31. The van der Waals surface area contributed by atoms with Crippen molar-refractivity contribution in [1.29, 1.82) is 0 Å². The van der Waals surface area contributed by atoms with Crippen LogP contribution >= 0.6 is 46.4 Å². The maximum atomic E-state index is 12.8. The third-order valence-corrected chi connectivity index (χ3v) is 5.74. The lowest BCUT2D eigenvalue weighted by atomic mass is 10.3. The van der Waals surface area contributed by atoms with E-state index in [4.69, 9.17) is 46.4 Å². The van der Waals surface area contributed by atoms with Gasteiger partial charge in [0.15, 0.2) is 0 Å². The van der Waals surface area contributed by atoms with Gasteiger partial charge in [0, 0.05) is 5.02 Å². The predicted octanol–water partition coefficient (Wildman–Crippen LogP) is 4.61. The van der Waals surface area contributed by atoms with Crippen LogP contribution in [0.1, 0.15) is 0 Å². The highest BCUT2D eigenvalue weighted by Crippen LogP contribution is 2.29. The molecule has 0 N–H and O–H groups in total. The number of anilines is 1. The summed E-state index contributed by atoms with van der Waals surface area (Å²) in [5.74, 6) is 0. The first-order valence-electron chi connectivity index (χ1n) is 6.13. The molecule has 0 saturated heterocycles. The zero-order chi connectivity index (χ0) is 17.2. The van der Waals surface area contributed by atoms with Crippen LogP contribution in [-0.2, 0) is 14.8 Å². The maximum absolute atomic E-state index is 12.8. The normalized spacial score (nSPS) is 11.3. The molecule has 0 amide bonds. The molecule has 9 heteroatoms. The van der Waals surface area contributed by atoms with E-state index in [1.165, 1.54) is 42.5 Å². The van der Waals surface area contributed by atoms with Gasteiger partial charge in [-0.2, -0.15) is 0 Å². The van der Waals surface area contributed by atoms with Crippen LogP contribution in [-0.4, -0.2) is 20.2 Å². The highest BCUT2D eigenvalue weighted by atomic mass is 35.5. The summed E-state index contributed by atoms with van der Waals surface area (Å²) in [5, 5.41) is -0.0977. The molecule has 2 aromatic rings. The molecule has 0 aliphatic carbocycles. The Morgan fingerprint density at radius 1 is 0.957 bits per heavy atom. The van der Waals surface area contributed by atoms with E-state index in [9.17, 15) is 13.2 Å². The summed E-state index contributed by atoms with van der Waals surface area (Å²) in [4.78, 5) is 11.2. The molecule has 4 nitrogen and oxygen atoms in total. The van der Waals surface area contributed by atoms with Crippen LogP contribution < -0.4 is 4.31 Å². The molecule has 0 saturated carbocycles. The van der Waals surface area contributed by atoms with Gasteiger partial charge in [-0.05, 0) is 54.1 Å². The molecule has 0 unspecified atom stereocenters. The fourth-order valence-electron chi connectivity index (χ4n) is 1.80.